The lowest BCUT2D eigenvalue weighted by atomic mass is 9.95. The van der Waals surface area contributed by atoms with Crippen molar-refractivity contribution in [2.45, 2.75) is 84.8 Å². The van der Waals surface area contributed by atoms with Crippen molar-refractivity contribution in [1.29, 1.82) is 0 Å². The molecular formula is C28H38N2O3. The Hall–Kier alpha value is -2.82. The fourth-order valence-electron chi connectivity index (χ4n) is 4.47. The number of rotatable bonds is 9. The summed E-state index contributed by atoms with van der Waals surface area (Å²) in [5.41, 5.74) is 4.45. The number of carbonyl (C=O) groups excluding carboxylic acids is 2. The van der Waals surface area contributed by atoms with Gasteiger partial charge in [-0.05, 0) is 74.4 Å². The van der Waals surface area contributed by atoms with Gasteiger partial charge in [0.15, 0.2) is 6.61 Å². The van der Waals surface area contributed by atoms with E-state index in [4.69, 9.17) is 4.74 Å². The fraction of sp³-hybridized carbons (Fsp3) is 0.500. The zero-order valence-electron chi connectivity index (χ0n) is 20.5. The first-order chi connectivity index (χ1) is 15.9. The van der Waals surface area contributed by atoms with Crippen molar-refractivity contribution in [2.24, 2.45) is 0 Å². The van der Waals surface area contributed by atoms with Gasteiger partial charge in [-0.1, -0.05) is 56.5 Å². The highest BCUT2D eigenvalue weighted by Gasteiger charge is 2.30. The first-order valence-corrected chi connectivity index (χ1v) is 12.2. The molecule has 0 saturated heterocycles. The average molecular weight is 451 g/mol. The van der Waals surface area contributed by atoms with Crippen molar-refractivity contribution in [3.63, 3.8) is 0 Å². The zero-order chi connectivity index (χ0) is 23.8. The van der Waals surface area contributed by atoms with E-state index in [1.54, 1.807) is 4.90 Å². The highest BCUT2D eigenvalue weighted by Crippen LogP contribution is 2.21. The van der Waals surface area contributed by atoms with E-state index in [9.17, 15) is 9.59 Å². The molecule has 0 heterocycles. The van der Waals surface area contributed by atoms with E-state index in [1.807, 2.05) is 70.2 Å². The van der Waals surface area contributed by atoms with Crippen LogP contribution >= 0.6 is 0 Å². The molecule has 1 aliphatic rings. The van der Waals surface area contributed by atoms with E-state index >= 15 is 0 Å². The molecule has 1 fully saturated rings. The number of hydrogen-bond acceptors (Lipinski definition) is 3. The van der Waals surface area contributed by atoms with Crippen molar-refractivity contribution in [2.75, 3.05) is 6.61 Å². The van der Waals surface area contributed by atoms with Crippen LogP contribution in [0.1, 0.15) is 67.7 Å². The quantitative estimate of drug-likeness (QED) is 0.568. The standard InChI is InChI=1S/C28H38N2O3/c1-5-26(28(32)29-24-13-7-6-8-14-24)30(18-23-12-10-9-11-21(23)3)27(31)19-33-25-16-15-20(2)22(4)17-25/h9-12,15-17,24,26H,5-8,13-14,18-19H2,1-4H3,(H,29,32)/t26-/m0/s1. The highest BCUT2D eigenvalue weighted by molar-refractivity contribution is 5.88. The van der Waals surface area contributed by atoms with Crippen LogP contribution in [0.5, 0.6) is 5.75 Å². The number of carbonyl (C=O) groups is 2. The van der Waals surface area contributed by atoms with E-state index in [0.717, 1.165) is 42.4 Å². The van der Waals surface area contributed by atoms with E-state index in [2.05, 4.69) is 5.32 Å². The van der Waals surface area contributed by atoms with Crippen LogP contribution in [0, 0.1) is 20.8 Å². The molecule has 0 unspecified atom stereocenters. The van der Waals surface area contributed by atoms with Crippen LogP contribution in [0.4, 0.5) is 0 Å². The number of hydrogen-bond donors (Lipinski definition) is 1. The Balaban J connectivity index is 1.77. The maximum atomic E-state index is 13.4. The number of benzene rings is 2. The Morgan fingerprint density at radius 3 is 2.39 bits per heavy atom. The van der Waals surface area contributed by atoms with Gasteiger partial charge in [-0.2, -0.15) is 0 Å². The summed E-state index contributed by atoms with van der Waals surface area (Å²) < 4.78 is 5.85. The van der Waals surface area contributed by atoms with E-state index in [0.29, 0.717) is 18.7 Å². The summed E-state index contributed by atoms with van der Waals surface area (Å²) in [5, 5.41) is 3.22. The first-order valence-electron chi connectivity index (χ1n) is 12.2. The number of ether oxygens (including phenoxy) is 1. The number of nitrogens with zero attached hydrogens (tertiary/aromatic N) is 1. The summed E-state index contributed by atoms with van der Waals surface area (Å²) in [4.78, 5) is 28.4. The minimum absolute atomic E-state index is 0.0579. The minimum atomic E-state index is -0.526. The van der Waals surface area contributed by atoms with E-state index < -0.39 is 6.04 Å². The van der Waals surface area contributed by atoms with Gasteiger partial charge >= 0.3 is 0 Å². The highest BCUT2D eigenvalue weighted by atomic mass is 16.5. The third-order valence-electron chi connectivity index (χ3n) is 6.78. The van der Waals surface area contributed by atoms with Gasteiger partial charge in [0.25, 0.3) is 5.91 Å². The summed E-state index contributed by atoms with van der Waals surface area (Å²) >= 11 is 0. The first kappa shape index (κ1) is 24.8. The molecular weight excluding hydrogens is 412 g/mol. The molecule has 1 atom stereocenters. The van der Waals surface area contributed by atoms with Gasteiger partial charge in [0, 0.05) is 12.6 Å². The zero-order valence-corrected chi connectivity index (χ0v) is 20.5. The SMILES string of the molecule is CC[C@@H](C(=O)NC1CCCCC1)N(Cc1ccccc1C)C(=O)COc1ccc(C)c(C)c1. The summed E-state index contributed by atoms with van der Waals surface area (Å²) in [6.45, 7) is 8.36. The molecule has 33 heavy (non-hydrogen) atoms. The van der Waals surface area contributed by atoms with Gasteiger partial charge < -0.3 is 15.0 Å². The van der Waals surface area contributed by atoms with Crippen molar-refractivity contribution >= 4 is 11.8 Å². The molecule has 1 saturated carbocycles. The Bertz CT molecular complexity index is 950. The minimum Gasteiger partial charge on any atom is -0.484 e. The number of nitrogens with one attached hydrogen (secondary N) is 1. The van der Waals surface area contributed by atoms with Crippen LogP contribution < -0.4 is 10.1 Å². The molecule has 0 radical (unpaired) electrons. The van der Waals surface area contributed by atoms with Crippen LogP contribution in [0.2, 0.25) is 0 Å². The molecule has 2 aromatic carbocycles. The summed E-state index contributed by atoms with van der Waals surface area (Å²) in [5.74, 6) is 0.432. The smallest absolute Gasteiger partial charge is 0.261 e. The Morgan fingerprint density at radius 2 is 1.73 bits per heavy atom. The molecule has 0 spiro atoms. The molecule has 3 rings (SSSR count). The predicted molar refractivity (Wildman–Crippen MR) is 132 cm³/mol. The van der Waals surface area contributed by atoms with Crippen molar-refractivity contribution in [1.82, 2.24) is 10.2 Å². The third kappa shape index (κ3) is 6.83. The van der Waals surface area contributed by atoms with Crippen molar-refractivity contribution in [3.8, 4) is 5.75 Å². The van der Waals surface area contributed by atoms with Gasteiger partial charge in [0.1, 0.15) is 11.8 Å². The summed E-state index contributed by atoms with van der Waals surface area (Å²) in [6, 6.07) is 13.5. The molecule has 178 valence electrons. The largest absolute Gasteiger partial charge is 0.484 e. The number of aryl methyl sites for hydroxylation is 3. The van der Waals surface area contributed by atoms with Crippen LogP contribution in [0.15, 0.2) is 42.5 Å². The van der Waals surface area contributed by atoms with Crippen LogP contribution in [-0.2, 0) is 16.1 Å². The molecule has 0 bridgehead atoms. The Kier molecular flexibility index (Phi) is 8.93. The van der Waals surface area contributed by atoms with Gasteiger partial charge in [-0.3, -0.25) is 9.59 Å². The maximum Gasteiger partial charge on any atom is 0.261 e. The lowest BCUT2D eigenvalue weighted by Crippen LogP contribution is -2.52. The molecule has 0 aliphatic heterocycles. The predicted octanol–water partition coefficient (Wildman–Crippen LogP) is 5.25. The molecule has 5 heteroatoms. The second-order valence-corrected chi connectivity index (χ2v) is 9.25. The molecule has 2 amide bonds. The van der Waals surface area contributed by atoms with Crippen LogP contribution in [0.3, 0.4) is 0 Å². The van der Waals surface area contributed by atoms with E-state index in [-0.39, 0.29) is 24.5 Å². The molecule has 0 aromatic heterocycles. The van der Waals surface area contributed by atoms with Gasteiger partial charge in [-0.25, -0.2) is 0 Å². The third-order valence-corrected chi connectivity index (χ3v) is 6.78. The second-order valence-electron chi connectivity index (χ2n) is 9.25. The van der Waals surface area contributed by atoms with Gasteiger partial charge in [0.2, 0.25) is 5.91 Å². The maximum absolute atomic E-state index is 13.4. The lowest BCUT2D eigenvalue weighted by molar-refractivity contribution is -0.143. The summed E-state index contributed by atoms with van der Waals surface area (Å²) in [6.07, 6.45) is 6.12. The normalized spacial score (nSPS) is 15.0. The molecule has 5 nitrogen and oxygen atoms in total. The fourth-order valence-corrected chi connectivity index (χ4v) is 4.47. The van der Waals surface area contributed by atoms with Crippen LogP contribution in [-0.4, -0.2) is 35.4 Å². The molecule has 1 N–H and O–H groups in total. The van der Waals surface area contributed by atoms with Crippen molar-refractivity contribution < 1.29 is 14.3 Å². The Labute approximate surface area is 198 Å². The molecule has 1 aliphatic carbocycles. The monoisotopic (exact) mass is 450 g/mol. The van der Waals surface area contributed by atoms with Gasteiger partial charge in [-0.15, -0.1) is 0 Å². The van der Waals surface area contributed by atoms with E-state index in [1.165, 1.54) is 12.0 Å². The van der Waals surface area contributed by atoms with Crippen molar-refractivity contribution in [3.05, 3.63) is 64.7 Å². The Morgan fingerprint density at radius 1 is 1.00 bits per heavy atom. The lowest BCUT2D eigenvalue weighted by Gasteiger charge is -2.33. The second kappa shape index (κ2) is 11.9. The van der Waals surface area contributed by atoms with Crippen LogP contribution in [0.25, 0.3) is 0 Å². The van der Waals surface area contributed by atoms with Gasteiger partial charge in [0.05, 0.1) is 0 Å². The summed E-state index contributed by atoms with van der Waals surface area (Å²) in [7, 11) is 0. The number of amides is 2. The topological polar surface area (TPSA) is 58.6 Å². The molecule has 2 aromatic rings. The average Bonchev–Trinajstić information content (AvgIpc) is 2.81.